The van der Waals surface area contributed by atoms with Crippen LogP contribution >= 0.6 is 0 Å². The number of aromatic hydroxyl groups is 2. The zero-order chi connectivity index (χ0) is 47.0. The van der Waals surface area contributed by atoms with Crippen LogP contribution in [0.4, 0.5) is 0 Å². The number of aliphatic hydroxyl groups excluding tert-OH is 7. The van der Waals surface area contributed by atoms with E-state index in [-0.39, 0.29) is 29.9 Å². The van der Waals surface area contributed by atoms with Gasteiger partial charge in [0.25, 0.3) is 0 Å². The van der Waals surface area contributed by atoms with Crippen molar-refractivity contribution in [2.75, 3.05) is 13.2 Å². The summed E-state index contributed by atoms with van der Waals surface area (Å²) in [6.07, 6.45) is 6.33. The molecule has 13 atom stereocenters. The summed E-state index contributed by atoms with van der Waals surface area (Å²) in [7, 11) is 0. The van der Waals surface area contributed by atoms with E-state index in [0.717, 1.165) is 43.1 Å². The maximum atomic E-state index is 13.4. The Morgan fingerprint density at radius 2 is 1.59 bits per heavy atom. The number of carbonyl (C=O) groups excluding carboxylic acids is 2. The maximum Gasteiger partial charge on any atom is 0.331 e. The fraction of sp³-hybridized carbons (Fsp3) is 0.532. The van der Waals surface area contributed by atoms with Crippen molar-refractivity contribution >= 4 is 11.9 Å². The average molecular weight is 901 g/mol. The van der Waals surface area contributed by atoms with Crippen molar-refractivity contribution in [2.45, 2.75) is 140 Å². The molecule has 0 bridgehead atoms. The van der Waals surface area contributed by atoms with Gasteiger partial charge in [-0.15, -0.1) is 0 Å². The van der Waals surface area contributed by atoms with Crippen molar-refractivity contribution in [1.82, 2.24) is 0 Å². The molecule has 3 heterocycles. The highest BCUT2D eigenvalue weighted by molar-refractivity contribution is 5.82. The number of carbonyl (C=O) groups is 2. The standard InChI is InChI=1S/C47H64O17/c1-5-28(3)17-11-9-12-18-29(4)33(51)20-14-10-16-22-38(54)62-44-43(35(25-48)64-47(45(44)58)39-30(26-60-47)23-32(50)24-34(39)52)63-46-42(57)41(56)40(55)36(61-46)27-59-37(53)21-15-8-7-13-19-31(49)6-2/h7-10,12-16,18-19,21-24,28,31,33,35-36,40-46,48-52,55-58H,5-6,11,17,20,25-27H2,1-4H3/b8-7?,12-9?,14-10?,19-13+,21-15?,22-16?,29-18?. The van der Waals surface area contributed by atoms with Crippen LogP contribution in [0.1, 0.15) is 70.9 Å². The molecule has 0 saturated carbocycles. The molecule has 0 aromatic heterocycles. The second kappa shape index (κ2) is 25.3. The average Bonchev–Trinajstić information content (AvgIpc) is 3.64. The Morgan fingerprint density at radius 3 is 2.31 bits per heavy atom. The summed E-state index contributed by atoms with van der Waals surface area (Å²) in [6, 6.07) is 2.25. The molecule has 354 valence electrons. The molecular weight excluding hydrogens is 836 g/mol. The van der Waals surface area contributed by atoms with E-state index in [1.165, 1.54) is 30.4 Å². The van der Waals surface area contributed by atoms with E-state index < -0.39 is 104 Å². The maximum absolute atomic E-state index is 13.4. The number of esters is 2. The Kier molecular flexibility index (Phi) is 20.6. The number of ether oxygens (including phenoxy) is 6. The smallest absolute Gasteiger partial charge is 0.331 e. The summed E-state index contributed by atoms with van der Waals surface area (Å²) in [5.74, 6) is -4.40. The van der Waals surface area contributed by atoms with Gasteiger partial charge in [0, 0.05) is 18.2 Å². The first-order valence-electron chi connectivity index (χ1n) is 21.5. The second-order valence-corrected chi connectivity index (χ2v) is 16.0. The molecule has 3 aliphatic heterocycles. The van der Waals surface area contributed by atoms with Crippen LogP contribution in [-0.2, 0) is 50.4 Å². The molecule has 2 saturated heterocycles. The summed E-state index contributed by atoms with van der Waals surface area (Å²) < 4.78 is 34.6. The molecule has 4 rings (SSSR count). The number of phenolic OH excluding ortho intramolecular Hbond substituents is 2. The van der Waals surface area contributed by atoms with Gasteiger partial charge in [-0.25, -0.2) is 9.59 Å². The van der Waals surface area contributed by atoms with Crippen molar-refractivity contribution in [3.8, 4) is 11.5 Å². The van der Waals surface area contributed by atoms with Crippen LogP contribution in [-0.4, -0.2) is 138 Å². The first-order chi connectivity index (χ1) is 30.6. The molecule has 64 heavy (non-hydrogen) atoms. The predicted molar refractivity (Wildman–Crippen MR) is 231 cm³/mol. The quantitative estimate of drug-likeness (QED) is 0.0488. The van der Waals surface area contributed by atoms with Gasteiger partial charge in [-0.3, -0.25) is 0 Å². The third kappa shape index (κ3) is 14.0. The minimum absolute atomic E-state index is 0.121. The van der Waals surface area contributed by atoms with E-state index in [9.17, 15) is 55.5 Å². The van der Waals surface area contributed by atoms with E-state index in [1.807, 2.05) is 19.1 Å². The highest BCUT2D eigenvalue weighted by Gasteiger charge is 2.63. The highest BCUT2D eigenvalue weighted by Crippen LogP contribution is 2.51. The van der Waals surface area contributed by atoms with Gasteiger partial charge < -0.3 is 74.4 Å². The van der Waals surface area contributed by atoms with Gasteiger partial charge in [0.15, 0.2) is 18.5 Å². The zero-order valence-corrected chi connectivity index (χ0v) is 36.5. The van der Waals surface area contributed by atoms with Crippen molar-refractivity contribution in [1.29, 1.82) is 0 Å². The van der Waals surface area contributed by atoms with Crippen molar-refractivity contribution in [3.63, 3.8) is 0 Å². The lowest BCUT2D eigenvalue weighted by molar-refractivity contribution is -0.395. The number of allylic oxidation sites excluding steroid dienone is 9. The van der Waals surface area contributed by atoms with Gasteiger partial charge in [0.1, 0.15) is 54.7 Å². The molecule has 0 amide bonds. The third-order valence-electron chi connectivity index (χ3n) is 11.2. The molecule has 9 N–H and O–H groups in total. The lowest BCUT2D eigenvalue weighted by Crippen LogP contribution is -2.67. The largest absolute Gasteiger partial charge is 0.508 e. The second-order valence-electron chi connectivity index (χ2n) is 16.0. The molecule has 1 aromatic rings. The number of rotatable bonds is 21. The van der Waals surface area contributed by atoms with Gasteiger partial charge in [0.2, 0.25) is 5.79 Å². The fourth-order valence-corrected chi connectivity index (χ4v) is 7.09. The molecule has 17 heteroatoms. The molecular formula is C47H64O17. The Morgan fingerprint density at radius 1 is 0.875 bits per heavy atom. The minimum atomic E-state index is -2.28. The number of aliphatic hydroxyl groups is 7. The van der Waals surface area contributed by atoms with Crippen molar-refractivity contribution < 1.29 is 84.0 Å². The third-order valence-corrected chi connectivity index (χ3v) is 11.2. The molecule has 2 fully saturated rings. The van der Waals surface area contributed by atoms with Crippen LogP contribution in [0.2, 0.25) is 0 Å². The molecule has 0 aliphatic carbocycles. The highest BCUT2D eigenvalue weighted by atomic mass is 16.8. The zero-order valence-electron chi connectivity index (χ0n) is 36.5. The van der Waals surface area contributed by atoms with Crippen molar-refractivity contribution in [2.24, 2.45) is 5.92 Å². The Hall–Kier alpha value is -4.50. The van der Waals surface area contributed by atoms with E-state index in [2.05, 4.69) is 19.9 Å². The summed E-state index contributed by atoms with van der Waals surface area (Å²) in [6.45, 7) is 6.16. The van der Waals surface area contributed by atoms with Crippen LogP contribution < -0.4 is 0 Å². The van der Waals surface area contributed by atoms with Gasteiger partial charge in [-0.2, -0.15) is 0 Å². The minimum Gasteiger partial charge on any atom is -0.508 e. The van der Waals surface area contributed by atoms with Crippen molar-refractivity contribution in [3.05, 3.63) is 108 Å². The van der Waals surface area contributed by atoms with Crippen LogP contribution in [0.25, 0.3) is 0 Å². The first kappa shape index (κ1) is 52.1. The predicted octanol–water partition coefficient (Wildman–Crippen LogP) is 2.81. The van der Waals surface area contributed by atoms with Crippen LogP contribution in [0.3, 0.4) is 0 Å². The molecule has 3 aliphatic rings. The van der Waals surface area contributed by atoms with Gasteiger partial charge >= 0.3 is 11.9 Å². The number of hydrogen-bond acceptors (Lipinski definition) is 17. The Bertz CT molecular complexity index is 1890. The normalized spacial score (nSPS) is 30.4. The summed E-state index contributed by atoms with van der Waals surface area (Å²) in [5, 5.41) is 96.3. The number of hydrogen-bond donors (Lipinski definition) is 9. The first-order valence-corrected chi connectivity index (χ1v) is 21.5. The molecule has 0 radical (unpaired) electrons. The monoisotopic (exact) mass is 900 g/mol. The number of fused-ring (bicyclic) bond motifs is 2. The summed E-state index contributed by atoms with van der Waals surface area (Å²) in [4.78, 5) is 25.8. The molecule has 17 nitrogen and oxygen atoms in total. The van der Waals surface area contributed by atoms with Crippen LogP contribution in [0.5, 0.6) is 11.5 Å². The van der Waals surface area contributed by atoms with Gasteiger partial charge in [-0.1, -0.05) is 94.0 Å². The number of phenols is 2. The summed E-state index contributed by atoms with van der Waals surface area (Å²) >= 11 is 0. The van der Waals surface area contributed by atoms with E-state index in [0.29, 0.717) is 12.3 Å². The van der Waals surface area contributed by atoms with Crippen LogP contribution in [0, 0.1) is 5.92 Å². The Balaban J connectivity index is 1.51. The lowest BCUT2D eigenvalue weighted by atomic mass is 9.86. The van der Waals surface area contributed by atoms with Gasteiger partial charge in [0.05, 0.1) is 31.0 Å². The SMILES string of the molecule is CCC(O)/C=C/C=CC=CC(=O)OCC1OC(OC2C(CO)OC3(OCc4cc(O)cc(O)c43)C(O)C2OC(=O)C=CC=CCC(O)C(C)=CC=CCCC(C)CC)C(O)C(O)C1O. The topological polar surface area (TPSA) is 272 Å². The molecule has 13 unspecified atom stereocenters. The van der Waals surface area contributed by atoms with E-state index >= 15 is 0 Å². The van der Waals surface area contributed by atoms with E-state index in [1.54, 1.807) is 31.2 Å². The van der Waals surface area contributed by atoms with Crippen LogP contribution in [0.15, 0.2) is 96.7 Å². The van der Waals surface area contributed by atoms with E-state index in [4.69, 9.17) is 28.4 Å². The Labute approximate surface area is 373 Å². The molecule has 1 spiro atoms. The number of benzene rings is 1. The molecule has 1 aromatic carbocycles. The summed E-state index contributed by atoms with van der Waals surface area (Å²) in [5.41, 5.74) is 0.834. The lowest BCUT2D eigenvalue weighted by Gasteiger charge is -2.50. The van der Waals surface area contributed by atoms with Gasteiger partial charge in [-0.05, 0) is 55.7 Å². The fourth-order valence-electron chi connectivity index (χ4n) is 7.09.